The van der Waals surface area contributed by atoms with Crippen molar-refractivity contribution >= 4 is 22.6 Å². The highest BCUT2D eigenvalue weighted by Crippen LogP contribution is 1.99. The number of hydrogen-bond donors (Lipinski definition) is 1. The summed E-state index contributed by atoms with van der Waals surface area (Å²) in [5.74, 6) is -0.619. The molecule has 1 unspecified atom stereocenters. The first kappa shape index (κ1) is 11.5. The third-order valence-electron chi connectivity index (χ3n) is 1.03. The average molecular weight is 197 g/mol. The fraction of sp³-hybridized carbons (Fsp3) is 0.667. The highest BCUT2D eigenvalue weighted by atomic mass is 35.5. The molecule has 1 atom stereocenters. The van der Waals surface area contributed by atoms with E-state index < -0.39 is 23.9 Å². The van der Waals surface area contributed by atoms with Crippen LogP contribution in [0.5, 0.6) is 0 Å². The molecule has 0 fully saturated rings. The summed E-state index contributed by atoms with van der Waals surface area (Å²) in [6.07, 6.45) is -1.43. The monoisotopic (exact) mass is 196 g/mol. The summed E-state index contributed by atoms with van der Waals surface area (Å²) in [6, 6.07) is 0. The minimum absolute atomic E-state index is 0.275. The Morgan fingerprint density at radius 2 is 2.17 bits per heavy atom. The van der Waals surface area contributed by atoms with Crippen molar-refractivity contribution < 1.29 is 24.2 Å². The van der Waals surface area contributed by atoms with Gasteiger partial charge in [0, 0.05) is 7.11 Å². The van der Waals surface area contributed by atoms with Crippen LogP contribution in [0.25, 0.3) is 0 Å². The minimum atomic E-state index is -1.43. The molecule has 12 heavy (non-hydrogen) atoms. The molecule has 0 spiro atoms. The van der Waals surface area contributed by atoms with E-state index in [0.29, 0.717) is 0 Å². The number of methoxy groups -OCH3 is 1. The van der Waals surface area contributed by atoms with Crippen LogP contribution in [-0.2, 0) is 19.1 Å². The zero-order chi connectivity index (χ0) is 9.56. The first-order chi connectivity index (χ1) is 5.63. The Kier molecular flexibility index (Phi) is 5.83. The van der Waals surface area contributed by atoms with Crippen molar-refractivity contribution in [3.05, 3.63) is 0 Å². The number of Topliss-reactive ketones (excluding diaryl/α,β-unsaturated/α-hetero) is 1. The summed E-state index contributed by atoms with van der Waals surface area (Å²) in [7, 11) is 1.30. The first-order valence-corrected chi connectivity index (χ1v) is 3.44. The van der Waals surface area contributed by atoms with Gasteiger partial charge in [-0.05, 0) is 11.6 Å². The van der Waals surface area contributed by atoms with Crippen LogP contribution in [0.1, 0.15) is 0 Å². The summed E-state index contributed by atoms with van der Waals surface area (Å²) >= 11 is 5.00. The number of aliphatic hydroxyl groups excluding tert-OH is 1. The summed E-state index contributed by atoms with van der Waals surface area (Å²) in [4.78, 5) is 21.4. The van der Waals surface area contributed by atoms with Crippen molar-refractivity contribution in [2.24, 2.45) is 0 Å². The van der Waals surface area contributed by atoms with Crippen LogP contribution in [0, 0.1) is 0 Å². The van der Waals surface area contributed by atoms with E-state index in [0.717, 1.165) is 0 Å². The predicted molar refractivity (Wildman–Crippen MR) is 39.7 cm³/mol. The fourth-order valence-corrected chi connectivity index (χ4v) is 0.762. The van der Waals surface area contributed by atoms with Crippen LogP contribution in [0.15, 0.2) is 0 Å². The van der Waals surface area contributed by atoms with Crippen LogP contribution in [0.3, 0.4) is 0 Å². The van der Waals surface area contributed by atoms with E-state index in [1.54, 1.807) is 0 Å². The number of carbonyl (C=O) groups is 2. The molecule has 0 heterocycles. The summed E-state index contributed by atoms with van der Waals surface area (Å²) < 4.78 is 8.82. The van der Waals surface area contributed by atoms with Gasteiger partial charge >= 0.3 is 0 Å². The maximum Gasteiger partial charge on any atom is 0.258 e. The van der Waals surface area contributed by atoms with Gasteiger partial charge in [0.15, 0.2) is 11.9 Å². The molecule has 0 saturated carbocycles. The van der Waals surface area contributed by atoms with Crippen LogP contribution < -0.4 is 0 Å². The molecule has 0 aliphatic carbocycles. The van der Waals surface area contributed by atoms with Gasteiger partial charge in [0.05, 0.1) is 0 Å². The lowest BCUT2D eigenvalue weighted by molar-refractivity contribution is -0.147. The van der Waals surface area contributed by atoms with Gasteiger partial charge in [-0.1, -0.05) is 0 Å². The van der Waals surface area contributed by atoms with Crippen LogP contribution in [-0.4, -0.2) is 42.7 Å². The smallest absolute Gasteiger partial charge is 0.258 e. The SMILES string of the molecule is COCC(=O)C(OCO)C(=O)Cl. The second-order valence-electron chi connectivity index (χ2n) is 1.88. The fourth-order valence-electron chi connectivity index (χ4n) is 0.578. The number of rotatable bonds is 6. The predicted octanol–water partition coefficient (Wildman–Crippen LogP) is -0.698. The Morgan fingerprint density at radius 3 is 2.50 bits per heavy atom. The molecule has 0 aromatic rings. The van der Waals surface area contributed by atoms with Gasteiger partial charge in [0.1, 0.15) is 13.4 Å². The lowest BCUT2D eigenvalue weighted by atomic mass is 10.2. The van der Waals surface area contributed by atoms with Gasteiger partial charge in [0.2, 0.25) is 0 Å². The third-order valence-corrected chi connectivity index (χ3v) is 1.22. The van der Waals surface area contributed by atoms with Crippen molar-refractivity contribution in [1.29, 1.82) is 0 Å². The Labute approximate surface area is 74.2 Å². The van der Waals surface area contributed by atoms with Gasteiger partial charge in [-0.25, -0.2) is 0 Å². The van der Waals surface area contributed by atoms with Crippen LogP contribution in [0.4, 0.5) is 0 Å². The standard InChI is InChI=1S/C6H9ClO5/c1-11-2-4(9)5(6(7)10)12-3-8/h5,8H,2-3H2,1H3. The molecule has 0 saturated heterocycles. The van der Waals surface area contributed by atoms with Crippen molar-refractivity contribution in [1.82, 2.24) is 0 Å². The Bertz CT molecular complexity index is 169. The number of carbonyl (C=O) groups excluding carboxylic acids is 2. The van der Waals surface area contributed by atoms with E-state index in [1.165, 1.54) is 7.11 Å². The molecule has 0 aromatic heterocycles. The molecule has 1 N–H and O–H groups in total. The average Bonchev–Trinajstić information content (AvgIpc) is 1.99. The molecule has 0 bridgehead atoms. The number of hydrogen-bond acceptors (Lipinski definition) is 5. The molecule has 0 rings (SSSR count). The topological polar surface area (TPSA) is 72.8 Å². The van der Waals surface area contributed by atoms with Gasteiger partial charge in [-0.3, -0.25) is 9.59 Å². The third kappa shape index (κ3) is 3.77. The molecular weight excluding hydrogens is 188 g/mol. The first-order valence-electron chi connectivity index (χ1n) is 3.07. The quantitative estimate of drug-likeness (QED) is 0.346. The van der Waals surface area contributed by atoms with E-state index in [2.05, 4.69) is 9.47 Å². The number of ether oxygens (including phenoxy) is 2. The van der Waals surface area contributed by atoms with E-state index in [-0.39, 0.29) is 6.61 Å². The summed E-state index contributed by atoms with van der Waals surface area (Å²) in [5.41, 5.74) is 0. The van der Waals surface area contributed by atoms with Crippen molar-refractivity contribution in [2.75, 3.05) is 20.5 Å². The van der Waals surface area contributed by atoms with Crippen LogP contribution in [0.2, 0.25) is 0 Å². The lowest BCUT2D eigenvalue weighted by Crippen LogP contribution is -2.33. The van der Waals surface area contributed by atoms with E-state index in [1.807, 2.05) is 0 Å². The second-order valence-corrected chi connectivity index (χ2v) is 2.25. The summed E-state index contributed by atoms with van der Waals surface area (Å²) in [5, 5.41) is 7.31. The zero-order valence-electron chi connectivity index (χ0n) is 6.45. The molecule has 0 radical (unpaired) electrons. The van der Waals surface area contributed by atoms with Gasteiger partial charge in [-0.2, -0.15) is 0 Å². The molecule has 0 amide bonds. The van der Waals surface area contributed by atoms with Crippen molar-refractivity contribution in [2.45, 2.75) is 6.10 Å². The Hall–Kier alpha value is -0.490. The lowest BCUT2D eigenvalue weighted by Gasteiger charge is -2.09. The summed E-state index contributed by atoms with van der Waals surface area (Å²) in [6.45, 7) is -1.01. The van der Waals surface area contributed by atoms with Gasteiger partial charge in [0.25, 0.3) is 5.24 Å². The van der Waals surface area contributed by atoms with Crippen molar-refractivity contribution in [3.8, 4) is 0 Å². The maximum absolute atomic E-state index is 10.9. The number of halogens is 1. The number of ketones is 1. The van der Waals surface area contributed by atoms with E-state index in [9.17, 15) is 9.59 Å². The highest BCUT2D eigenvalue weighted by molar-refractivity contribution is 6.66. The van der Waals surface area contributed by atoms with E-state index in [4.69, 9.17) is 16.7 Å². The Balaban J connectivity index is 4.09. The minimum Gasteiger partial charge on any atom is -0.377 e. The molecule has 70 valence electrons. The van der Waals surface area contributed by atoms with Crippen molar-refractivity contribution in [3.63, 3.8) is 0 Å². The largest absolute Gasteiger partial charge is 0.377 e. The zero-order valence-corrected chi connectivity index (χ0v) is 7.21. The maximum atomic E-state index is 10.9. The molecule has 0 aliphatic heterocycles. The van der Waals surface area contributed by atoms with Gasteiger partial charge in [-0.15, -0.1) is 0 Å². The van der Waals surface area contributed by atoms with E-state index >= 15 is 0 Å². The molecule has 6 heteroatoms. The molecule has 5 nitrogen and oxygen atoms in total. The molecule has 0 aliphatic rings. The van der Waals surface area contributed by atoms with Gasteiger partial charge < -0.3 is 14.6 Å². The molecule has 0 aromatic carbocycles. The second kappa shape index (κ2) is 6.07. The van der Waals surface area contributed by atoms with Crippen LogP contribution >= 0.6 is 11.6 Å². The highest BCUT2D eigenvalue weighted by Gasteiger charge is 2.25. The molecular formula is C6H9ClO5. The number of aliphatic hydroxyl groups is 1. The normalized spacial score (nSPS) is 12.6. The Morgan fingerprint density at radius 1 is 1.58 bits per heavy atom.